The van der Waals surface area contributed by atoms with Crippen molar-refractivity contribution in [2.75, 3.05) is 18.5 Å². The van der Waals surface area contributed by atoms with Gasteiger partial charge in [0.25, 0.3) is 0 Å². The fourth-order valence-corrected chi connectivity index (χ4v) is 2.09. The summed E-state index contributed by atoms with van der Waals surface area (Å²) < 4.78 is 0. The van der Waals surface area contributed by atoms with Crippen molar-refractivity contribution in [1.82, 2.24) is 9.97 Å². The maximum atomic E-state index is 5.82. The molecule has 0 saturated heterocycles. The van der Waals surface area contributed by atoms with Gasteiger partial charge in [-0.2, -0.15) is 0 Å². The van der Waals surface area contributed by atoms with Crippen molar-refractivity contribution in [2.45, 2.75) is 19.9 Å². The van der Waals surface area contributed by atoms with Gasteiger partial charge in [-0.05, 0) is 30.7 Å². The van der Waals surface area contributed by atoms with Crippen molar-refractivity contribution in [3.05, 3.63) is 53.5 Å². The van der Waals surface area contributed by atoms with E-state index in [2.05, 4.69) is 21.8 Å². The summed E-state index contributed by atoms with van der Waals surface area (Å²) in [6, 6.07) is 7.99. The van der Waals surface area contributed by atoms with Gasteiger partial charge in [0.2, 0.25) is 0 Å². The lowest BCUT2D eigenvalue weighted by Crippen LogP contribution is -2.24. The molecule has 0 aromatic carbocycles. The summed E-state index contributed by atoms with van der Waals surface area (Å²) in [4.78, 5) is 10.9. The van der Waals surface area contributed by atoms with Crippen LogP contribution in [0.4, 0.5) is 5.82 Å². The average Bonchev–Trinajstić information content (AvgIpc) is 2.45. The minimum Gasteiger partial charge on any atom is -0.359 e. The lowest BCUT2D eigenvalue weighted by molar-refractivity contribution is 0.826. The summed E-state index contributed by atoms with van der Waals surface area (Å²) in [5, 5.41) is 0. The number of aromatic nitrogens is 2. The first-order valence-corrected chi connectivity index (χ1v) is 6.48. The number of rotatable bonds is 5. The molecule has 0 aliphatic heterocycles. The molecule has 0 spiro atoms. The van der Waals surface area contributed by atoms with Crippen LogP contribution in [0.5, 0.6) is 0 Å². The fraction of sp³-hybridized carbons (Fsp3) is 0.333. The van der Waals surface area contributed by atoms with Crippen LogP contribution in [0.2, 0.25) is 0 Å². The molecule has 100 valence electrons. The molecule has 2 aromatic rings. The smallest absolute Gasteiger partial charge is 0.133 e. The zero-order chi connectivity index (χ0) is 13.7. The lowest BCUT2D eigenvalue weighted by atomic mass is 10.1. The largest absolute Gasteiger partial charge is 0.359 e. The van der Waals surface area contributed by atoms with E-state index in [1.54, 1.807) is 0 Å². The van der Waals surface area contributed by atoms with Crippen LogP contribution in [0.3, 0.4) is 0 Å². The Bertz CT molecular complexity index is 525. The van der Waals surface area contributed by atoms with Crippen molar-refractivity contribution in [2.24, 2.45) is 5.73 Å². The summed E-state index contributed by atoms with van der Waals surface area (Å²) in [6.07, 6.45) is 4.56. The first-order chi connectivity index (χ1) is 9.22. The predicted molar refractivity (Wildman–Crippen MR) is 78.1 cm³/mol. The second-order valence-electron chi connectivity index (χ2n) is 4.63. The van der Waals surface area contributed by atoms with Crippen LogP contribution >= 0.6 is 0 Å². The van der Waals surface area contributed by atoms with Gasteiger partial charge in [0, 0.05) is 50.2 Å². The van der Waals surface area contributed by atoms with E-state index in [0.29, 0.717) is 6.54 Å². The van der Waals surface area contributed by atoms with E-state index in [1.165, 1.54) is 5.56 Å². The Morgan fingerprint density at radius 3 is 2.68 bits per heavy atom. The summed E-state index contributed by atoms with van der Waals surface area (Å²) in [5.41, 5.74) is 9.22. The van der Waals surface area contributed by atoms with Crippen molar-refractivity contribution in [1.29, 1.82) is 0 Å². The Balaban J connectivity index is 2.08. The summed E-state index contributed by atoms with van der Waals surface area (Å²) in [5.74, 6) is 0.971. The summed E-state index contributed by atoms with van der Waals surface area (Å²) in [7, 11) is 2.05. The minimum absolute atomic E-state index is 0.517. The van der Waals surface area contributed by atoms with Gasteiger partial charge in [-0.1, -0.05) is 6.07 Å². The van der Waals surface area contributed by atoms with Gasteiger partial charge >= 0.3 is 0 Å². The molecule has 4 heteroatoms. The van der Waals surface area contributed by atoms with Gasteiger partial charge in [-0.3, -0.25) is 4.98 Å². The molecule has 0 fully saturated rings. The highest BCUT2D eigenvalue weighted by Gasteiger charge is 2.10. The van der Waals surface area contributed by atoms with Gasteiger partial charge in [-0.25, -0.2) is 4.98 Å². The van der Waals surface area contributed by atoms with Crippen LogP contribution in [-0.2, 0) is 13.0 Å². The van der Waals surface area contributed by atoms with Gasteiger partial charge < -0.3 is 10.6 Å². The average molecular weight is 256 g/mol. The van der Waals surface area contributed by atoms with E-state index in [4.69, 9.17) is 5.73 Å². The Morgan fingerprint density at radius 2 is 2.00 bits per heavy atom. The molecule has 2 rings (SSSR count). The van der Waals surface area contributed by atoms with E-state index in [0.717, 1.165) is 30.0 Å². The maximum Gasteiger partial charge on any atom is 0.133 e. The number of hydrogen-bond donors (Lipinski definition) is 1. The number of pyridine rings is 2. The second kappa shape index (κ2) is 6.29. The Kier molecular flexibility index (Phi) is 4.47. The first-order valence-electron chi connectivity index (χ1n) is 6.48. The molecule has 2 heterocycles. The van der Waals surface area contributed by atoms with Crippen molar-refractivity contribution >= 4 is 5.82 Å². The highest BCUT2D eigenvalue weighted by Crippen LogP contribution is 2.19. The van der Waals surface area contributed by atoms with E-state index in [-0.39, 0.29) is 0 Å². The van der Waals surface area contributed by atoms with E-state index in [9.17, 15) is 0 Å². The second-order valence-corrected chi connectivity index (χ2v) is 4.63. The SMILES string of the molecule is Cc1ccnc(N(C)CCc2ccccn2)c1CN. The van der Waals surface area contributed by atoms with Gasteiger partial charge in [0.05, 0.1) is 0 Å². The zero-order valence-electron chi connectivity index (χ0n) is 11.5. The third-order valence-corrected chi connectivity index (χ3v) is 3.26. The van der Waals surface area contributed by atoms with Gasteiger partial charge in [0.1, 0.15) is 5.82 Å². The molecular weight excluding hydrogens is 236 g/mol. The highest BCUT2D eigenvalue weighted by molar-refractivity contribution is 5.49. The van der Waals surface area contributed by atoms with Crippen LogP contribution in [-0.4, -0.2) is 23.6 Å². The molecule has 0 unspecified atom stereocenters. The van der Waals surface area contributed by atoms with Gasteiger partial charge in [-0.15, -0.1) is 0 Å². The topological polar surface area (TPSA) is 55.0 Å². The molecule has 0 atom stereocenters. The normalized spacial score (nSPS) is 10.5. The molecule has 2 N–H and O–H groups in total. The third-order valence-electron chi connectivity index (χ3n) is 3.26. The predicted octanol–water partition coefficient (Wildman–Crippen LogP) is 1.92. The minimum atomic E-state index is 0.517. The molecule has 19 heavy (non-hydrogen) atoms. The molecule has 0 aliphatic rings. The zero-order valence-corrected chi connectivity index (χ0v) is 11.5. The van der Waals surface area contributed by atoms with Crippen molar-refractivity contribution in [3.63, 3.8) is 0 Å². The van der Waals surface area contributed by atoms with E-state index >= 15 is 0 Å². The monoisotopic (exact) mass is 256 g/mol. The summed E-state index contributed by atoms with van der Waals surface area (Å²) >= 11 is 0. The van der Waals surface area contributed by atoms with Gasteiger partial charge in [0.15, 0.2) is 0 Å². The molecular formula is C15H20N4. The molecule has 0 bridgehead atoms. The number of hydrogen-bond acceptors (Lipinski definition) is 4. The van der Waals surface area contributed by atoms with E-state index in [1.807, 2.05) is 43.7 Å². The molecule has 0 saturated carbocycles. The number of likely N-dealkylation sites (N-methyl/N-ethyl adjacent to an activating group) is 1. The third kappa shape index (κ3) is 3.29. The molecule has 0 aliphatic carbocycles. The Morgan fingerprint density at radius 1 is 1.16 bits per heavy atom. The first kappa shape index (κ1) is 13.5. The number of aryl methyl sites for hydroxylation is 1. The van der Waals surface area contributed by atoms with Crippen LogP contribution in [0.15, 0.2) is 36.7 Å². The Labute approximate surface area is 114 Å². The van der Waals surface area contributed by atoms with E-state index < -0.39 is 0 Å². The molecule has 4 nitrogen and oxygen atoms in total. The standard InChI is InChI=1S/C15H20N4/c1-12-6-9-18-15(14(12)11-16)19(2)10-7-13-5-3-4-8-17-13/h3-6,8-9H,7,10-11,16H2,1-2H3. The van der Waals surface area contributed by atoms with Crippen molar-refractivity contribution in [3.8, 4) is 0 Å². The van der Waals surface area contributed by atoms with Crippen LogP contribution in [0.25, 0.3) is 0 Å². The maximum absolute atomic E-state index is 5.82. The Hall–Kier alpha value is -1.94. The fourth-order valence-electron chi connectivity index (χ4n) is 2.09. The molecule has 0 radical (unpaired) electrons. The van der Waals surface area contributed by atoms with Crippen LogP contribution < -0.4 is 10.6 Å². The molecule has 0 amide bonds. The quantitative estimate of drug-likeness (QED) is 0.888. The number of anilines is 1. The highest BCUT2D eigenvalue weighted by atomic mass is 15.2. The number of nitrogens with zero attached hydrogens (tertiary/aromatic N) is 3. The molecule has 2 aromatic heterocycles. The lowest BCUT2D eigenvalue weighted by Gasteiger charge is -2.21. The van der Waals surface area contributed by atoms with Crippen molar-refractivity contribution < 1.29 is 0 Å². The van der Waals surface area contributed by atoms with Crippen LogP contribution in [0.1, 0.15) is 16.8 Å². The van der Waals surface area contributed by atoms with Crippen LogP contribution in [0, 0.1) is 6.92 Å². The number of nitrogens with two attached hydrogens (primary N) is 1. The summed E-state index contributed by atoms with van der Waals surface area (Å²) in [6.45, 7) is 3.46.